The molecule has 30 heavy (non-hydrogen) atoms. The van der Waals surface area contributed by atoms with Crippen LogP contribution in [0.3, 0.4) is 0 Å². The van der Waals surface area contributed by atoms with E-state index in [2.05, 4.69) is 15.3 Å². The lowest BCUT2D eigenvalue weighted by Gasteiger charge is -2.14. The first-order chi connectivity index (χ1) is 14.2. The molecule has 4 nitrogen and oxygen atoms in total. The summed E-state index contributed by atoms with van der Waals surface area (Å²) in [5.41, 5.74) is 0.487. The van der Waals surface area contributed by atoms with Crippen LogP contribution in [0.2, 0.25) is 5.02 Å². The van der Waals surface area contributed by atoms with Crippen molar-refractivity contribution in [2.75, 3.05) is 0 Å². The number of hydrogen-bond acceptors (Lipinski definition) is 4. The highest BCUT2D eigenvalue weighted by Crippen LogP contribution is 2.32. The summed E-state index contributed by atoms with van der Waals surface area (Å²) in [5.74, 6) is -0.336. The van der Waals surface area contributed by atoms with Gasteiger partial charge in [0.1, 0.15) is 5.69 Å². The van der Waals surface area contributed by atoms with E-state index in [1.165, 1.54) is 0 Å². The fourth-order valence-corrected chi connectivity index (χ4v) is 3.46. The van der Waals surface area contributed by atoms with Crippen LogP contribution in [-0.2, 0) is 17.5 Å². The van der Waals surface area contributed by atoms with E-state index in [9.17, 15) is 18.0 Å². The average Bonchev–Trinajstić information content (AvgIpc) is 2.73. The summed E-state index contributed by atoms with van der Waals surface area (Å²) in [5, 5.41) is 2.53. The SMILES string of the molecule is C[C@H](Sc1nc(-c2ccccc2)cc(C(F)(F)F)n1)C(=O)NCc1ccc(Cl)cc1. The van der Waals surface area contributed by atoms with E-state index in [0.29, 0.717) is 10.6 Å². The van der Waals surface area contributed by atoms with E-state index in [0.717, 1.165) is 23.4 Å². The van der Waals surface area contributed by atoms with Crippen molar-refractivity contribution < 1.29 is 18.0 Å². The fraction of sp³-hybridized carbons (Fsp3) is 0.190. The maximum atomic E-state index is 13.3. The van der Waals surface area contributed by atoms with Gasteiger partial charge in [-0.25, -0.2) is 9.97 Å². The number of hydrogen-bond donors (Lipinski definition) is 1. The van der Waals surface area contributed by atoms with E-state index in [1.54, 1.807) is 61.5 Å². The Balaban J connectivity index is 1.75. The highest BCUT2D eigenvalue weighted by molar-refractivity contribution is 8.00. The summed E-state index contributed by atoms with van der Waals surface area (Å²) >= 11 is 6.71. The highest BCUT2D eigenvalue weighted by Gasteiger charge is 2.34. The summed E-state index contributed by atoms with van der Waals surface area (Å²) in [6.07, 6.45) is -4.62. The topological polar surface area (TPSA) is 54.9 Å². The minimum absolute atomic E-state index is 0.113. The summed E-state index contributed by atoms with van der Waals surface area (Å²) in [6.45, 7) is 1.87. The summed E-state index contributed by atoms with van der Waals surface area (Å²) in [4.78, 5) is 20.2. The van der Waals surface area contributed by atoms with E-state index in [-0.39, 0.29) is 23.3 Å². The van der Waals surface area contributed by atoms with Crippen molar-refractivity contribution in [2.24, 2.45) is 0 Å². The molecule has 0 unspecified atom stereocenters. The van der Waals surface area contributed by atoms with Crippen molar-refractivity contribution in [2.45, 2.75) is 30.1 Å². The van der Waals surface area contributed by atoms with Crippen LogP contribution in [0.15, 0.2) is 65.8 Å². The lowest BCUT2D eigenvalue weighted by atomic mass is 10.1. The number of aromatic nitrogens is 2. The van der Waals surface area contributed by atoms with E-state index in [4.69, 9.17) is 11.6 Å². The van der Waals surface area contributed by atoms with Crippen molar-refractivity contribution in [3.63, 3.8) is 0 Å². The Morgan fingerprint density at radius 2 is 1.77 bits per heavy atom. The molecule has 1 aromatic heterocycles. The van der Waals surface area contributed by atoms with E-state index < -0.39 is 17.1 Å². The van der Waals surface area contributed by atoms with Crippen molar-refractivity contribution in [3.05, 3.63) is 76.9 Å². The van der Waals surface area contributed by atoms with Gasteiger partial charge in [-0.15, -0.1) is 0 Å². The van der Waals surface area contributed by atoms with Crippen molar-refractivity contribution in [1.82, 2.24) is 15.3 Å². The summed E-state index contributed by atoms with van der Waals surface area (Å²) in [6, 6.07) is 16.4. The molecule has 0 saturated heterocycles. The first kappa shape index (κ1) is 22.1. The molecule has 0 spiro atoms. The van der Waals surface area contributed by atoms with Crippen LogP contribution >= 0.6 is 23.4 Å². The number of nitrogens with one attached hydrogen (secondary N) is 1. The Labute approximate surface area is 180 Å². The average molecular weight is 452 g/mol. The quantitative estimate of drug-likeness (QED) is 0.391. The van der Waals surface area contributed by atoms with Crippen LogP contribution in [-0.4, -0.2) is 21.1 Å². The van der Waals surface area contributed by atoms with Gasteiger partial charge in [0, 0.05) is 17.1 Å². The second-order valence-electron chi connectivity index (χ2n) is 6.39. The molecule has 1 heterocycles. The van der Waals surface area contributed by atoms with Crippen LogP contribution in [0.5, 0.6) is 0 Å². The molecule has 0 aliphatic carbocycles. The number of carbonyl (C=O) groups excluding carboxylic acids is 1. The zero-order chi connectivity index (χ0) is 21.7. The molecule has 0 fully saturated rings. The standard InChI is InChI=1S/C21H17ClF3N3OS/c1-13(19(29)26-12-14-7-9-16(22)10-8-14)30-20-27-17(15-5-3-2-4-6-15)11-18(28-20)21(23,24)25/h2-11,13H,12H2,1H3,(H,26,29)/t13-/m0/s1. The lowest BCUT2D eigenvalue weighted by molar-refractivity contribution is -0.141. The van der Waals surface area contributed by atoms with Gasteiger partial charge in [0.15, 0.2) is 5.16 Å². The van der Waals surface area contributed by atoms with Gasteiger partial charge < -0.3 is 5.32 Å². The molecule has 3 rings (SSSR count). The molecule has 1 amide bonds. The van der Waals surface area contributed by atoms with Crippen LogP contribution < -0.4 is 5.32 Å². The van der Waals surface area contributed by atoms with Crippen LogP contribution in [0.4, 0.5) is 13.2 Å². The van der Waals surface area contributed by atoms with Gasteiger partial charge in [0.2, 0.25) is 5.91 Å². The third kappa shape index (κ3) is 5.96. The van der Waals surface area contributed by atoms with Gasteiger partial charge in [-0.2, -0.15) is 13.2 Å². The smallest absolute Gasteiger partial charge is 0.351 e. The molecule has 1 atom stereocenters. The molecule has 0 saturated carbocycles. The molecule has 0 radical (unpaired) electrons. The minimum atomic E-state index is -4.62. The maximum Gasteiger partial charge on any atom is 0.433 e. The summed E-state index contributed by atoms with van der Waals surface area (Å²) < 4.78 is 39.9. The Kier molecular flexibility index (Phi) is 6.99. The van der Waals surface area contributed by atoms with Gasteiger partial charge in [0.25, 0.3) is 0 Å². The van der Waals surface area contributed by atoms with Crippen LogP contribution in [0, 0.1) is 0 Å². The van der Waals surface area contributed by atoms with Crippen LogP contribution in [0.25, 0.3) is 11.3 Å². The molecule has 9 heteroatoms. The predicted molar refractivity (Wildman–Crippen MR) is 111 cm³/mol. The molecular weight excluding hydrogens is 435 g/mol. The zero-order valence-corrected chi connectivity index (χ0v) is 17.4. The Morgan fingerprint density at radius 3 is 2.40 bits per heavy atom. The Bertz CT molecular complexity index is 1010. The van der Waals surface area contributed by atoms with Gasteiger partial charge in [-0.05, 0) is 30.7 Å². The van der Waals surface area contributed by atoms with Crippen LogP contribution in [0.1, 0.15) is 18.2 Å². The van der Waals surface area contributed by atoms with Crippen molar-refractivity contribution in [1.29, 1.82) is 0 Å². The normalized spacial score (nSPS) is 12.4. The molecule has 0 aliphatic rings. The van der Waals surface area contributed by atoms with Crippen molar-refractivity contribution >= 4 is 29.3 Å². The first-order valence-corrected chi connectivity index (χ1v) is 10.2. The third-order valence-electron chi connectivity index (χ3n) is 4.10. The molecule has 0 aliphatic heterocycles. The Morgan fingerprint density at radius 1 is 1.10 bits per heavy atom. The molecule has 156 valence electrons. The molecule has 0 bridgehead atoms. The largest absolute Gasteiger partial charge is 0.433 e. The number of carbonyl (C=O) groups is 1. The molecular formula is C21H17ClF3N3OS. The third-order valence-corrected chi connectivity index (χ3v) is 5.31. The van der Waals surface area contributed by atoms with Gasteiger partial charge in [0.05, 0.1) is 10.9 Å². The second-order valence-corrected chi connectivity index (χ2v) is 8.13. The Hall–Kier alpha value is -2.58. The van der Waals surface area contributed by atoms with E-state index in [1.807, 2.05) is 0 Å². The predicted octanol–water partition coefficient (Wildman–Crippen LogP) is 5.61. The molecule has 1 N–H and O–H groups in total. The van der Waals surface area contributed by atoms with E-state index >= 15 is 0 Å². The first-order valence-electron chi connectivity index (χ1n) is 8.93. The number of thioether (sulfide) groups is 1. The highest BCUT2D eigenvalue weighted by atomic mass is 35.5. The fourth-order valence-electron chi connectivity index (χ4n) is 2.53. The number of benzene rings is 2. The number of rotatable bonds is 6. The maximum absolute atomic E-state index is 13.3. The second kappa shape index (κ2) is 9.49. The number of halogens is 4. The van der Waals surface area contributed by atoms with Gasteiger partial charge in [-0.3, -0.25) is 4.79 Å². The lowest BCUT2D eigenvalue weighted by Crippen LogP contribution is -2.30. The van der Waals surface area contributed by atoms with Gasteiger partial charge in [-0.1, -0.05) is 65.8 Å². The zero-order valence-electron chi connectivity index (χ0n) is 15.8. The van der Waals surface area contributed by atoms with Gasteiger partial charge >= 0.3 is 6.18 Å². The number of amides is 1. The number of nitrogens with zero attached hydrogens (tertiary/aromatic N) is 2. The summed E-state index contributed by atoms with van der Waals surface area (Å²) in [7, 11) is 0. The molecule has 3 aromatic rings. The minimum Gasteiger partial charge on any atom is -0.351 e. The molecule has 2 aromatic carbocycles. The van der Waals surface area contributed by atoms with Crippen molar-refractivity contribution in [3.8, 4) is 11.3 Å². The number of alkyl halides is 3. The monoisotopic (exact) mass is 451 g/mol.